The van der Waals surface area contributed by atoms with Gasteiger partial charge in [0.2, 0.25) is 0 Å². The van der Waals surface area contributed by atoms with Gasteiger partial charge in [0.1, 0.15) is 11.2 Å². The van der Waals surface area contributed by atoms with Crippen LogP contribution >= 0.6 is 0 Å². The molecule has 2 rings (SSSR count). The molecule has 0 aliphatic heterocycles. The Bertz CT molecular complexity index is 733. The molecule has 1 aromatic carbocycles. The molecule has 0 spiro atoms. The van der Waals surface area contributed by atoms with Crippen molar-refractivity contribution in [2.45, 2.75) is 39.3 Å². The number of hydrogen-bond acceptors (Lipinski definition) is 4. The first-order chi connectivity index (χ1) is 11.8. The van der Waals surface area contributed by atoms with Crippen LogP contribution in [-0.2, 0) is 17.7 Å². The predicted molar refractivity (Wildman–Crippen MR) is 92.7 cm³/mol. The van der Waals surface area contributed by atoms with E-state index in [2.05, 4.69) is 10.4 Å². The highest BCUT2D eigenvalue weighted by Crippen LogP contribution is 2.15. The second-order valence-corrected chi connectivity index (χ2v) is 6.62. The maximum Gasteiger partial charge on any atom is 0.407 e. The Labute approximate surface area is 146 Å². The van der Waals surface area contributed by atoms with Crippen molar-refractivity contribution in [3.63, 3.8) is 0 Å². The third-order valence-electron chi connectivity index (χ3n) is 3.39. The number of alkyl carbamates (subject to hydrolysis) is 1. The quantitative estimate of drug-likeness (QED) is 0.839. The number of aromatic carboxylic acids is 1. The Morgan fingerprint density at radius 1 is 1.24 bits per heavy atom. The van der Waals surface area contributed by atoms with Crippen LogP contribution in [0.2, 0.25) is 0 Å². The fourth-order valence-electron chi connectivity index (χ4n) is 2.34. The summed E-state index contributed by atoms with van der Waals surface area (Å²) in [4.78, 5) is 23.1. The van der Waals surface area contributed by atoms with E-state index in [1.54, 1.807) is 25.5 Å². The van der Waals surface area contributed by atoms with E-state index in [-0.39, 0.29) is 12.1 Å². The molecule has 0 bridgehead atoms. The Morgan fingerprint density at radius 2 is 1.92 bits per heavy atom. The van der Waals surface area contributed by atoms with Crippen molar-refractivity contribution in [3.8, 4) is 0 Å². The molecule has 1 amide bonds. The van der Waals surface area contributed by atoms with E-state index in [9.17, 15) is 14.7 Å². The molecule has 7 nitrogen and oxygen atoms in total. The highest BCUT2D eigenvalue weighted by atomic mass is 16.6. The number of carboxylic acids is 1. The molecule has 0 aliphatic rings. The zero-order valence-corrected chi connectivity index (χ0v) is 14.7. The lowest BCUT2D eigenvalue weighted by atomic mass is 10.1. The molecule has 0 atom stereocenters. The highest BCUT2D eigenvalue weighted by molar-refractivity contribution is 5.88. The van der Waals surface area contributed by atoms with E-state index in [1.165, 1.54) is 6.20 Å². The normalized spacial score (nSPS) is 11.2. The number of carbonyl (C=O) groups is 2. The number of amides is 1. The Kier molecular flexibility index (Phi) is 5.80. The molecule has 1 aromatic heterocycles. The molecule has 1 heterocycles. The summed E-state index contributed by atoms with van der Waals surface area (Å²) in [5, 5.41) is 16.2. The Balaban J connectivity index is 2.05. The first kappa shape index (κ1) is 18.5. The van der Waals surface area contributed by atoms with Crippen LogP contribution in [0.1, 0.15) is 42.4 Å². The maximum atomic E-state index is 11.7. The largest absolute Gasteiger partial charge is 0.478 e. The first-order valence-electron chi connectivity index (χ1n) is 8.05. The summed E-state index contributed by atoms with van der Waals surface area (Å²) in [6, 6.07) is 9.58. The van der Waals surface area contributed by atoms with Crippen molar-refractivity contribution < 1.29 is 19.4 Å². The molecule has 25 heavy (non-hydrogen) atoms. The minimum absolute atomic E-state index is 0.168. The average Bonchev–Trinajstić information content (AvgIpc) is 2.89. The van der Waals surface area contributed by atoms with Gasteiger partial charge in [-0.3, -0.25) is 4.68 Å². The van der Waals surface area contributed by atoms with Gasteiger partial charge in [-0.1, -0.05) is 30.3 Å². The molecule has 0 aliphatic carbocycles. The molecule has 134 valence electrons. The third-order valence-corrected chi connectivity index (χ3v) is 3.39. The van der Waals surface area contributed by atoms with Gasteiger partial charge < -0.3 is 15.2 Å². The number of benzene rings is 1. The van der Waals surface area contributed by atoms with Gasteiger partial charge in [-0.2, -0.15) is 5.10 Å². The molecular weight excluding hydrogens is 322 g/mol. The zero-order chi connectivity index (χ0) is 18.4. The summed E-state index contributed by atoms with van der Waals surface area (Å²) in [5.41, 5.74) is 1.20. The summed E-state index contributed by atoms with van der Waals surface area (Å²) in [6.07, 6.45) is 1.28. The second kappa shape index (κ2) is 7.83. The Morgan fingerprint density at radius 3 is 2.52 bits per heavy atom. The van der Waals surface area contributed by atoms with Crippen LogP contribution in [0.25, 0.3) is 0 Å². The molecule has 2 aromatic rings. The van der Waals surface area contributed by atoms with Crippen molar-refractivity contribution in [2.75, 3.05) is 6.54 Å². The third kappa shape index (κ3) is 5.63. The van der Waals surface area contributed by atoms with E-state index in [0.717, 1.165) is 5.56 Å². The van der Waals surface area contributed by atoms with Crippen LogP contribution in [0.4, 0.5) is 4.79 Å². The SMILES string of the molecule is CC(C)(C)OC(=O)NCCn1ncc(C(=O)O)c1Cc1ccccc1. The first-order valence-corrected chi connectivity index (χ1v) is 8.05. The molecular formula is C18H23N3O4. The minimum atomic E-state index is -1.02. The van der Waals surface area contributed by atoms with Crippen LogP contribution in [0.5, 0.6) is 0 Å². The van der Waals surface area contributed by atoms with Crippen LogP contribution in [-0.4, -0.2) is 39.1 Å². The molecule has 7 heteroatoms. The van der Waals surface area contributed by atoms with Gasteiger partial charge >= 0.3 is 12.1 Å². The fraction of sp³-hybridized carbons (Fsp3) is 0.389. The number of ether oxygens (including phenoxy) is 1. The van der Waals surface area contributed by atoms with Gasteiger partial charge in [0.05, 0.1) is 18.4 Å². The van der Waals surface area contributed by atoms with Crippen LogP contribution in [0.15, 0.2) is 36.5 Å². The number of hydrogen-bond donors (Lipinski definition) is 2. The summed E-state index contributed by atoms with van der Waals surface area (Å²) in [5.74, 6) is -1.02. The van der Waals surface area contributed by atoms with Crippen molar-refractivity contribution >= 4 is 12.1 Å². The van der Waals surface area contributed by atoms with E-state index in [0.29, 0.717) is 18.7 Å². The van der Waals surface area contributed by atoms with Gasteiger partial charge in [-0.15, -0.1) is 0 Å². The van der Waals surface area contributed by atoms with Gasteiger partial charge in [-0.25, -0.2) is 9.59 Å². The lowest BCUT2D eigenvalue weighted by molar-refractivity contribution is 0.0524. The van der Waals surface area contributed by atoms with Crippen molar-refractivity contribution in [3.05, 3.63) is 53.3 Å². The fourth-order valence-corrected chi connectivity index (χ4v) is 2.34. The zero-order valence-electron chi connectivity index (χ0n) is 14.7. The number of carboxylic acid groups (broad SMARTS) is 1. The van der Waals surface area contributed by atoms with Gasteiger partial charge in [0.15, 0.2) is 0 Å². The number of rotatable bonds is 6. The highest BCUT2D eigenvalue weighted by Gasteiger charge is 2.18. The molecule has 0 unspecified atom stereocenters. The number of nitrogens with one attached hydrogen (secondary N) is 1. The van der Waals surface area contributed by atoms with Gasteiger partial charge in [0, 0.05) is 13.0 Å². The van der Waals surface area contributed by atoms with E-state index in [4.69, 9.17) is 4.74 Å². The minimum Gasteiger partial charge on any atom is -0.478 e. The average molecular weight is 345 g/mol. The number of nitrogens with zero attached hydrogens (tertiary/aromatic N) is 2. The molecule has 0 saturated carbocycles. The molecule has 0 radical (unpaired) electrons. The van der Waals surface area contributed by atoms with E-state index < -0.39 is 17.7 Å². The lowest BCUT2D eigenvalue weighted by Crippen LogP contribution is -2.34. The van der Waals surface area contributed by atoms with Gasteiger partial charge in [-0.05, 0) is 26.3 Å². The van der Waals surface area contributed by atoms with Crippen molar-refractivity contribution in [2.24, 2.45) is 0 Å². The molecule has 2 N–H and O–H groups in total. The van der Waals surface area contributed by atoms with Crippen molar-refractivity contribution in [1.29, 1.82) is 0 Å². The monoisotopic (exact) mass is 345 g/mol. The predicted octanol–water partition coefficient (Wildman–Crippen LogP) is 2.70. The van der Waals surface area contributed by atoms with E-state index >= 15 is 0 Å². The van der Waals surface area contributed by atoms with Crippen LogP contribution in [0.3, 0.4) is 0 Å². The maximum absolute atomic E-state index is 11.7. The van der Waals surface area contributed by atoms with Crippen LogP contribution < -0.4 is 5.32 Å². The smallest absolute Gasteiger partial charge is 0.407 e. The standard InChI is InChI=1S/C18H23N3O4/c1-18(2,3)25-17(24)19-9-10-21-15(14(12-20-21)16(22)23)11-13-7-5-4-6-8-13/h4-8,12H,9-11H2,1-3H3,(H,19,24)(H,22,23). The lowest BCUT2D eigenvalue weighted by Gasteiger charge is -2.19. The number of carbonyl (C=O) groups excluding carboxylic acids is 1. The van der Waals surface area contributed by atoms with Crippen LogP contribution in [0, 0.1) is 0 Å². The second-order valence-electron chi connectivity index (χ2n) is 6.62. The molecule has 0 fully saturated rings. The molecule has 0 saturated heterocycles. The van der Waals surface area contributed by atoms with Crippen molar-refractivity contribution in [1.82, 2.24) is 15.1 Å². The summed E-state index contributed by atoms with van der Waals surface area (Å²) < 4.78 is 6.78. The topological polar surface area (TPSA) is 93.5 Å². The number of aromatic nitrogens is 2. The Hall–Kier alpha value is -2.83. The summed E-state index contributed by atoms with van der Waals surface area (Å²) in [6.45, 7) is 6.01. The van der Waals surface area contributed by atoms with Gasteiger partial charge in [0.25, 0.3) is 0 Å². The summed E-state index contributed by atoms with van der Waals surface area (Å²) in [7, 11) is 0. The summed E-state index contributed by atoms with van der Waals surface area (Å²) >= 11 is 0. The van der Waals surface area contributed by atoms with E-state index in [1.807, 2.05) is 30.3 Å².